The van der Waals surface area contributed by atoms with Crippen molar-refractivity contribution in [2.75, 3.05) is 33.0 Å². The Kier molecular flexibility index (Phi) is 34.1. The lowest BCUT2D eigenvalue weighted by Gasteiger charge is -2.23. The molecule has 9 N–H and O–H groups in total. The number of carboxylic acid groups (broad SMARTS) is 3. The van der Waals surface area contributed by atoms with Gasteiger partial charge in [-0.05, 0) is 52.3 Å². The van der Waals surface area contributed by atoms with Crippen LogP contribution in [0.15, 0.2) is 64.6 Å². The molecule has 0 aliphatic rings. The summed E-state index contributed by atoms with van der Waals surface area (Å²) in [5.41, 5.74) is 5.68. The van der Waals surface area contributed by atoms with E-state index in [4.69, 9.17) is 35.7 Å². The van der Waals surface area contributed by atoms with Crippen molar-refractivity contribution in [3.05, 3.63) is 60.2 Å². The number of aliphatic imine (C=N–C) groups is 2. The normalized spacial score (nSPS) is 8.63. The summed E-state index contributed by atoms with van der Waals surface area (Å²) in [4.78, 5) is 65.2. The van der Waals surface area contributed by atoms with Gasteiger partial charge in [0.15, 0.2) is 0 Å². The van der Waals surface area contributed by atoms with E-state index in [1.165, 1.54) is 39.0 Å². The number of amides is 1. The molecule has 0 saturated carbocycles. The van der Waals surface area contributed by atoms with Crippen LogP contribution >= 0.6 is 0 Å². The molecule has 17 heteroatoms. The maximum Gasteiger partial charge on any atom is 0.404 e. The number of rotatable bonds is 10. The molecule has 46 heavy (non-hydrogen) atoms. The highest BCUT2D eigenvalue weighted by molar-refractivity contribution is 5.85. The van der Waals surface area contributed by atoms with Gasteiger partial charge in [0, 0.05) is 16.7 Å². The Morgan fingerprint density at radius 1 is 0.783 bits per heavy atom. The Balaban J connectivity index is -0.000000152. The van der Waals surface area contributed by atoms with Crippen molar-refractivity contribution in [2.45, 2.75) is 34.6 Å². The molecule has 1 aromatic carbocycles. The number of aliphatic carboxylic acids is 3. The number of aryl methyl sites for hydroxylation is 1. The number of carbonyl (C=O) groups is 4. The Bertz CT molecular complexity index is 1120. The summed E-state index contributed by atoms with van der Waals surface area (Å²) in [6, 6.07) is 4.88. The fraction of sp³-hybridized carbons (Fsp3) is 0.379. The summed E-state index contributed by atoms with van der Waals surface area (Å²) < 4.78 is 4.18. The minimum atomic E-state index is -1.11. The van der Waals surface area contributed by atoms with Gasteiger partial charge in [-0.2, -0.15) is 9.98 Å². The number of benzene rings is 1. The van der Waals surface area contributed by atoms with E-state index < -0.39 is 55.8 Å². The lowest BCUT2D eigenvalue weighted by molar-refractivity contribution is -0.133. The van der Waals surface area contributed by atoms with Crippen molar-refractivity contribution in [1.82, 2.24) is 0 Å². The SMILES string of the molecule is C=C(C)C(=O)O.C=C(C)C(=O)O.C=C(C)C(=O)O.CCOC(N)=O.Cc1ccc(N=C=O)cc1N=C=O.OCC(CO)(CO)CO. The van der Waals surface area contributed by atoms with E-state index in [-0.39, 0.29) is 16.7 Å². The largest absolute Gasteiger partial charge is 0.478 e. The van der Waals surface area contributed by atoms with Crippen molar-refractivity contribution in [2.24, 2.45) is 21.1 Å². The highest BCUT2D eigenvalue weighted by Crippen LogP contribution is 2.23. The molecule has 0 aliphatic carbocycles. The number of hydrogen-bond donors (Lipinski definition) is 8. The molecular weight excluding hydrogens is 614 g/mol. The van der Waals surface area contributed by atoms with Gasteiger partial charge in [-0.15, -0.1) is 0 Å². The Morgan fingerprint density at radius 2 is 1.11 bits per heavy atom. The van der Waals surface area contributed by atoms with Gasteiger partial charge in [0.2, 0.25) is 12.2 Å². The molecule has 0 atom stereocenters. The first-order valence-electron chi connectivity index (χ1n) is 12.5. The number of hydrogen-bond acceptors (Lipinski definition) is 13. The minimum absolute atomic E-state index is 0.176. The van der Waals surface area contributed by atoms with E-state index in [1.807, 2.05) is 0 Å². The van der Waals surface area contributed by atoms with Crippen LogP contribution in [0.3, 0.4) is 0 Å². The van der Waals surface area contributed by atoms with Gasteiger partial charge in [-0.25, -0.2) is 28.8 Å². The second-order valence-electron chi connectivity index (χ2n) is 8.52. The molecule has 0 unspecified atom stereocenters. The molecule has 258 valence electrons. The zero-order valence-corrected chi connectivity index (χ0v) is 26.3. The third kappa shape index (κ3) is 33.2. The minimum Gasteiger partial charge on any atom is -0.478 e. The zero-order valence-electron chi connectivity index (χ0n) is 26.3. The average Bonchev–Trinajstić information content (AvgIpc) is 2.98. The molecule has 0 spiro atoms. The molecule has 0 aromatic heterocycles. The molecule has 0 radical (unpaired) electrons. The van der Waals surface area contributed by atoms with Crippen LogP contribution in [0.5, 0.6) is 0 Å². The van der Waals surface area contributed by atoms with E-state index in [2.05, 4.69) is 40.2 Å². The van der Waals surface area contributed by atoms with E-state index >= 15 is 0 Å². The van der Waals surface area contributed by atoms with Gasteiger partial charge >= 0.3 is 24.0 Å². The third-order valence-corrected chi connectivity index (χ3v) is 4.26. The number of ether oxygens (including phenoxy) is 1. The lowest BCUT2D eigenvalue weighted by atomic mass is 9.93. The van der Waals surface area contributed by atoms with E-state index in [0.717, 1.165) is 5.56 Å². The summed E-state index contributed by atoms with van der Waals surface area (Å²) in [7, 11) is 0. The summed E-state index contributed by atoms with van der Waals surface area (Å²) in [6.45, 7) is 16.0. The number of carbonyl (C=O) groups excluding carboxylic acids is 3. The first-order chi connectivity index (χ1) is 21.2. The number of primary amides is 1. The molecule has 1 aromatic rings. The number of nitrogens with two attached hydrogens (primary N) is 1. The first kappa shape index (κ1) is 50.4. The molecule has 0 saturated heterocycles. The van der Waals surface area contributed by atoms with Crippen LogP contribution in [0.25, 0.3) is 0 Å². The van der Waals surface area contributed by atoms with E-state index in [1.54, 1.807) is 26.0 Å². The topological polar surface area (TPSA) is 304 Å². The van der Waals surface area contributed by atoms with Gasteiger partial charge in [0.05, 0.1) is 49.8 Å². The fourth-order valence-corrected chi connectivity index (χ4v) is 1.33. The molecule has 0 fully saturated rings. The maximum absolute atomic E-state index is 10.00. The van der Waals surface area contributed by atoms with E-state index in [9.17, 15) is 28.8 Å². The summed E-state index contributed by atoms with van der Waals surface area (Å²) in [6.07, 6.45) is 2.13. The molecule has 1 amide bonds. The Labute approximate surface area is 266 Å². The highest BCUT2D eigenvalue weighted by atomic mass is 16.5. The predicted molar refractivity (Wildman–Crippen MR) is 166 cm³/mol. The molecule has 0 aliphatic heterocycles. The van der Waals surface area contributed by atoms with Crippen LogP contribution < -0.4 is 5.73 Å². The van der Waals surface area contributed by atoms with Gasteiger partial charge in [-0.3, -0.25) is 0 Å². The molecule has 1 rings (SSSR count). The second kappa shape index (κ2) is 31.2. The summed E-state index contributed by atoms with van der Waals surface area (Å²) in [5.74, 6) is -2.81. The predicted octanol–water partition coefficient (Wildman–Crippen LogP) is 1.91. The van der Waals surface area contributed by atoms with Gasteiger partial charge in [0.25, 0.3) is 0 Å². The van der Waals surface area contributed by atoms with Crippen LogP contribution in [0.2, 0.25) is 0 Å². The van der Waals surface area contributed by atoms with Crippen molar-refractivity contribution < 1.29 is 69.2 Å². The third-order valence-electron chi connectivity index (χ3n) is 4.26. The van der Waals surface area contributed by atoms with Crippen LogP contribution in [0, 0.1) is 12.3 Å². The second-order valence-corrected chi connectivity index (χ2v) is 8.52. The summed E-state index contributed by atoms with van der Waals surface area (Å²) >= 11 is 0. The molecular formula is C29H43N3O14. The number of nitrogens with zero attached hydrogens (tertiary/aromatic N) is 2. The van der Waals surface area contributed by atoms with E-state index in [0.29, 0.717) is 18.0 Å². The van der Waals surface area contributed by atoms with Gasteiger partial charge < -0.3 is 46.2 Å². The molecule has 0 heterocycles. The van der Waals surface area contributed by atoms with Crippen molar-refractivity contribution in [1.29, 1.82) is 0 Å². The number of isocyanates is 2. The zero-order chi connectivity index (χ0) is 37.5. The Hall–Kier alpha value is -5.28. The van der Waals surface area contributed by atoms with Crippen LogP contribution in [-0.2, 0) is 28.7 Å². The van der Waals surface area contributed by atoms with Gasteiger partial charge in [0.1, 0.15) is 0 Å². The first-order valence-corrected chi connectivity index (χ1v) is 12.5. The van der Waals surface area contributed by atoms with Gasteiger partial charge in [-0.1, -0.05) is 25.8 Å². The van der Waals surface area contributed by atoms with Crippen molar-refractivity contribution >= 4 is 47.5 Å². The quantitative estimate of drug-likeness (QED) is 0.101. The monoisotopic (exact) mass is 657 g/mol. The number of aliphatic hydroxyl groups excluding tert-OH is 4. The van der Waals surface area contributed by atoms with Crippen LogP contribution in [-0.4, -0.2) is 105 Å². The average molecular weight is 658 g/mol. The number of aliphatic hydroxyl groups is 4. The van der Waals surface area contributed by atoms with Crippen LogP contribution in [0.1, 0.15) is 33.3 Å². The highest BCUT2D eigenvalue weighted by Gasteiger charge is 2.26. The number of carboxylic acids is 3. The van der Waals surface area contributed by atoms with Crippen molar-refractivity contribution in [3.63, 3.8) is 0 Å². The summed E-state index contributed by atoms with van der Waals surface area (Å²) in [5, 5.41) is 57.7. The maximum atomic E-state index is 10.00. The molecule has 0 bridgehead atoms. The Morgan fingerprint density at radius 3 is 1.28 bits per heavy atom. The fourth-order valence-electron chi connectivity index (χ4n) is 1.33. The molecule has 17 nitrogen and oxygen atoms in total. The van der Waals surface area contributed by atoms with Crippen LogP contribution in [0.4, 0.5) is 16.2 Å². The standard InChI is InChI=1S/C9H6N2O2.C5H12O4.3C4H6O2.C3H7NO2/c1-7-2-3-8(10-5-12)4-9(7)11-6-13;6-1-5(2-7,3-8)4-9;3*1-3(2)4(5)6;1-2-6-3(4)5/h2-4H,1H3;6-9H,1-4H2;3*1H2,2H3,(H,5,6);2H2,1H3,(H2,4,5). The van der Waals surface area contributed by atoms with Crippen molar-refractivity contribution in [3.8, 4) is 0 Å². The lowest BCUT2D eigenvalue weighted by Crippen LogP contribution is -2.37. The smallest absolute Gasteiger partial charge is 0.404 e.